The van der Waals surface area contributed by atoms with Gasteiger partial charge in [-0.1, -0.05) is 0 Å². The fourth-order valence-electron chi connectivity index (χ4n) is 0.819. The quantitative estimate of drug-likeness (QED) is 0.772. The molecular formula is C8H6BrF2NO2. The fourth-order valence-corrected chi connectivity index (χ4v) is 1.35. The molecule has 0 aliphatic rings. The Morgan fingerprint density at radius 3 is 2.71 bits per heavy atom. The van der Waals surface area contributed by atoms with Gasteiger partial charge in [-0.3, -0.25) is 0 Å². The lowest BCUT2D eigenvalue weighted by molar-refractivity contribution is 0.0592. The van der Waals surface area contributed by atoms with Gasteiger partial charge < -0.3 is 4.74 Å². The average Bonchev–Trinajstić information content (AvgIpc) is 2.16. The lowest BCUT2D eigenvalue weighted by atomic mass is 10.2. The zero-order valence-electron chi connectivity index (χ0n) is 7.13. The van der Waals surface area contributed by atoms with Gasteiger partial charge in [0.25, 0.3) is 6.43 Å². The third-order valence-corrected chi connectivity index (χ3v) is 2.10. The minimum atomic E-state index is -2.61. The molecule has 0 fully saturated rings. The van der Waals surface area contributed by atoms with Crippen molar-refractivity contribution in [2.24, 2.45) is 0 Å². The molecule has 1 heterocycles. The number of pyridine rings is 1. The number of hydrogen-bond acceptors (Lipinski definition) is 3. The highest BCUT2D eigenvalue weighted by Gasteiger charge is 2.15. The van der Waals surface area contributed by atoms with Crippen molar-refractivity contribution in [3.63, 3.8) is 0 Å². The highest BCUT2D eigenvalue weighted by molar-refractivity contribution is 9.10. The number of alkyl halides is 2. The fraction of sp³-hybridized carbons (Fsp3) is 0.250. The zero-order chi connectivity index (χ0) is 10.7. The van der Waals surface area contributed by atoms with Crippen LogP contribution in [0.3, 0.4) is 0 Å². The Balaban J connectivity index is 3.07. The molecule has 0 N–H and O–H groups in total. The maximum absolute atomic E-state index is 12.2. The first kappa shape index (κ1) is 11.0. The minimum absolute atomic E-state index is 0.0168. The number of halogens is 3. The van der Waals surface area contributed by atoms with Gasteiger partial charge in [0, 0.05) is 11.8 Å². The standard InChI is InChI=1S/C8H6BrF2NO2/c1-14-8(13)6-5(9)2-4(3-12-6)7(10)11/h2-3,7H,1H3. The molecule has 0 amide bonds. The van der Waals surface area contributed by atoms with Crippen LogP contribution in [0.15, 0.2) is 16.7 Å². The van der Waals surface area contributed by atoms with Gasteiger partial charge in [-0.05, 0) is 22.0 Å². The number of esters is 1. The Morgan fingerprint density at radius 1 is 1.64 bits per heavy atom. The van der Waals surface area contributed by atoms with Crippen LogP contribution in [-0.4, -0.2) is 18.1 Å². The predicted molar refractivity (Wildman–Crippen MR) is 48.2 cm³/mol. The molecule has 0 bridgehead atoms. The van der Waals surface area contributed by atoms with E-state index in [-0.39, 0.29) is 15.7 Å². The second-order valence-corrected chi connectivity index (χ2v) is 3.25. The SMILES string of the molecule is COC(=O)c1ncc(C(F)F)cc1Br. The molecular weight excluding hydrogens is 260 g/mol. The van der Waals surface area contributed by atoms with Gasteiger partial charge in [-0.2, -0.15) is 0 Å². The molecule has 0 unspecified atom stereocenters. The molecule has 0 spiro atoms. The molecule has 0 saturated carbocycles. The van der Waals surface area contributed by atoms with Gasteiger partial charge >= 0.3 is 5.97 Å². The Hall–Kier alpha value is -1.04. The van der Waals surface area contributed by atoms with E-state index in [2.05, 4.69) is 25.7 Å². The number of hydrogen-bond donors (Lipinski definition) is 0. The Bertz CT molecular complexity index is 357. The maximum Gasteiger partial charge on any atom is 0.357 e. The maximum atomic E-state index is 12.2. The van der Waals surface area contributed by atoms with Crippen molar-refractivity contribution in [3.8, 4) is 0 Å². The number of nitrogens with zero attached hydrogens (tertiary/aromatic N) is 1. The molecule has 0 atom stereocenters. The van der Waals surface area contributed by atoms with E-state index in [0.29, 0.717) is 0 Å². The molecule has 1 aromatic rings. The van der Waals surface area contributed by atoms with E-state index in [9.17, 15) is 13.6 Å². The van der Waals surface area contributed by atoms with Gasteiger partial charge in [-0.25, -0.2) is 18.6 Å². The summed E-state index contributed by atoms with van der Waals surface area (Å²) in [5, 5.41) is 0. The van der Waals surface area contributed by atoms with Crippen molar-refractivity contribution in [1.29, 1.82) is 0 Å². The molecule has 0 aliphatic heterocycles. The van der Waals surface area contributed by atoms with Crippen molar-refractivity contribution in [2.75, 3.05) is 7.11 Å². The number of ether oxygens (including phenoxy) is 1. The van der Waals surface area contributed by atoms with Crippen molar-refractivity contribution >= 4 is 21.9 Å². The molecule has 1 rings (SSSR count). The van der Waals surface area contributed by atoms with E-state index in [0.717, 1.165) is 12.3 Å². The minimum Gasteiger partial charge on any atom is -0.464 e. The zero-order valence-corrected chi connectivity index (χ0v) is 8.72. The van der Waals surface area contributed by atoms with Gasteiger partial charge in [0.1, 0.15) is 0 Å². The second kappa shape index (κ2) is 4.45. The molecule has 1 aromatic heterocycles. The third kappa shape index (κ3) is 2.25. The van der Waals surface area contributed by atoms with E-state index in [1.165, 1.54) is 7.11 Å². The van der Waals surface area contributed by atoms with Crippen LogP contribution in [0.4, 0.5) is 8.78 Å². The van der Waals surface area contributed by atoms with E-state index in [1.807, 2.05) is 0 Å². The average molecular weight is 266 g/mol. The Labute approximate surface area is 87.2 Å². The first-order valence-corrected chi connectivity index (χ1v) is 4.37. The predicted octanol–water partition coefficient (Wildman–Crippen LogP) is 2.57. The van der Waals surface area contributed by atoms with E-state index >= 15 is 0 Å². The lowest BCUT2D eigenvalue weighted by Crippen LogP contribution is -2.05. The summed E-state index contributed by atoms with van der Waals surface area (Å²) in [6, 6.07) is 1.14. The van der Waals surface area contributed by atoms with Crippen molar-refractivity contribution in [1.82, 2.24) is 4.98 Å². The summed E-state index contributed by atoms with van der Waals surface area (Å²) in [6.45, 7) is 0. The van der Waals surface area contributed by atoms with Gasteiger partial charge in [0.05, 0.1) is 11.6 Å². The Kier molecular flexibility index (Phi) is 3.51. The van der Waals surface area contributed by atoms with Crippen LogP contribution in [-0.2, 0) is 4.74 Å². The third-order valence-electron chi connectivity index (χ3n) is 1.49. The number of rotatable bonds is 2. The first-order valence-electron chi connectivity index (χ1n) is 3.58. The smallest absolute Gasteiger partial charge is 0.357 e. The summed E-state index contributed by atoms with van der Waals surface area (Å²) >= 11 is 2.96. The Morgan fingerprint density at radius 2 is 2.29 bits per heavy atom. The highest BCUT2D eigenvalue weighted by atomic mass is 79.9. The summed E-state index contributed by atoms with van der Waals surface area (Å²) in [4.78, 5) is 14.6. The molecule has 0 radical (unpaired) electrons. The summed E-state index contributed by atoms with van der Waals surface area (Å²) in [5.41, 5.74) is -0.263. The molecule has 76 valence electrons. The van der Waals surface area contributed by atoms with Crippen LogP contribution < -0.4 is 0 Å². The van der Waals surface area contributed by atoms with Crippen LogP contribution in [0.1, 0.15) is 22.5 Å². The molecule has 0 aromatic carbocycles. The van der Waals surface area contributed by atoms with Gasteiger partial charge in [0.15, 0.2) is 5.69 Å². The monoisotopic (exact) mass is 265 g/mol. The van der Waals surface area contributed by atoms with Crippen molar-refractivity contribution in [2.45, 2.75) is 6.43 Å². The summed E-state index contributed by atoms with van der Waals surface area (Å²) in [6.07, 6.45) is -1.66. The molecule has 3 nitrogen and oxygen atoms in total. The highest BCUT2D eigenvalue weighted by Crippen LogP contribution is 2.23. The normalized spacial score (nSPS) is 10.4. The second-order valence-electron chi connectivity index (χ2n) is 2.39. The number of aromatic nitrogens is 1. The lowest BCUT2D eigenvalue weighted by Gasteiger charge is -2.03. The van der Waals surface area contributed by atoms with Crippen LogP contribution in [0, 0.1) is 0 Å². The van der Waals surface area contributed by atoms with Crippen LogP contribution in [0.25, 0.3) is 0 Å². The van der Waals surface area contributed by atoms with Crippen LogP contribution in [0.5, 0.6) is 0 Å². The topological polar surface area (TPSA) is 39.2 Å². The van der Waals surface area contributed by atoms with Gasteiger partial charge in [0.2, 0.25) is 0 Å². The van der Waals surface area contributed by atoms with Crippen molar-refractivity contribution < 1.29 is 18.3 Å². The van der Waals surface area contributed by atoms with Crippen LogP contribution >= 0.6 is 15.9 Å². The molecule has 14 heavy (non-hydrogen) atoms. The number of carbonyl (C=O) groups excluding carboxylic acids is 1. The van der Waals surface area contributed by atoms with Crippen molar-refractivity contribution in [3.05, 3.63) is 28.0 Å². The first-order chi connectivity index (χ1) is 6.56. The summed E-state index contributed by atoms with van der Waals surface area (Å²) in [7, 11) is 1.19. The largest absolute Gasteiger partial charge is 0.464 e. The number of methoxy groups -OCH3 is 1. The molecule has 0 saturated heterocycles. The van der Waals surface area contributed by atoms with Gasteiger partial charge in [-0.15, -0.1) is 0 Å². The van der Waals surface area contributed by atoms with E-state index < -0.39 is 12.4 Å². The molecule has 0 aliphatic carbocycles. The molecule has 6 heteroatoms. The van der Waals surface area contributed by atoms with Crippen LogP contribution in [0.2, 0.25) is 0 Å². The van der Waals surface area contributed by atoms with E-state index in [1.54, 1.807) is 0 Å². The summed E-state index contributed by atoms with van der Waals surface area (Å²) in [5.74, 6) is -0.669. The number of carbonyl (C=O) groups is 1. The summed E-state index contributed by atoms with van der Waals surface area (Å²) < 4.78 is 29.0. The van der Waals surface area contributed by atoms with E-state index in [4.69, 9.17) is 0 Å².